The molecule has 8 heteroatoms. The second kappa shape index (κ2) is 10.8. The molecular weight excluding hydrogens is 398 g/mol. The van der Waals surface area contributed by atoms with Gasteiger partial charge < -0.3 is 24.9 Å². The maximum absolute atomic E-state index is 13.1. The van der Waals surface area contributed by atoms with Gasteiger partial charge in [0.2, 0.25) is 11.7 Å². The normalized spacial score (nSPS) is 16.1. The lowest BCUT2D eigenvalue weighted by Gasteiger charge is -2.18. The second-order valence-electron chi connectivity index (χ2n) is 7.39. The van der Waals surface area contributed by atoms with E-state index in [4.69, 9.17) is 14.6 Å². The van der Waals surface area contributed by atoms with Crippen molar-refractivity contribution in [3.63, 3.8) is 0 Å². The Balaban J connectivity index is 1.88. The van der Waals surface area contributed by atoms with Gasteiger partial charge in [0, 0.05) is 42.4 Å². The predicted molar refractivity (Wildman–Crippen MR) is 117 cm³/mol. The largest absolute Gasteiger partial charge is 0.462 e. The molecule has 0 aromatic carbocycles. The van der Waals surface area contributed by atoms with Crippen LogP contribution in [0.15, 0.2) is 41.7 Å². The SMILES string of the molecule is CCCCC(CC)NC1=C(C(=O)OCCCO)C(=O)/C(=C/c2c[nH]c3ncccc23)O1. The molecule has 2 aromatic heterocycles. The van der Waals surface area contributed by atoms with Crippen molar-refractivity contribution in [2.24, 2.45) is 0 Å². The summed E-state index contributed by atoms with van der Waals surface area (Å²) in [6.45, 7) is 4.08. The molecule has 31 heavy (non-hydrogen) atoms. The summed E-state index contributed by atoms with van der Waals surface area (Å²) in [6, 6.07) is 3.77. The fraction of sp³-hybridized carbons (Fsp3) is 0.435. The summed E-state index contributed by atoms with van der Waals surface area (Å²) in [5.74, 6) is -1.10. The Morgan fingerprint density at radius 1 is 1.39 bits per heavy atom. The van der Waals surface area contributed by atoms with Gasteiger partial charge in [-0.1, -0.05) is 26.7 Å². The number of nitrogens with one attached hydrogen (secondary N) is 2. The van der Waals surface area contributed by atoms with E-state index in [0.717, 1.165) is 36.6 Å². The number of esters is 1. The van der Waals surface area contributed by atoms with Crippen LogP contribution in [0, 0.1) is 0 Å². The third-order valence-corrected chi connectivity index (χ3v) is 5.13. The summed E-state index contributed by atoms with van der Waals surface area (Å²) in [7, 11) is 0. The number of unbranched alkanes of at least 4 members (excludes halogenated alkanes) is 1. The lowest BCUT2D eigenvalue weighted by molar-refractivity contribution is -0.140. The number of aromatic amines is 1. The van der Waals surface area contributed by atoms with Crippen LogP contribution >= 0.6 is 0 Å². The first-order valence-corrected chi connectivity index (χ1v) is 10.7. The molecule has 0 radical (unpaired) electrons. The summed E-state index contributed by atoms with van der Waals surface area (Å²) in [6.07, 6.45) is 9.11. The number of Topliss-reactive ketones (excluding diaryl/α,β-unsaturated/α-hetero) is 1. The van der Waals surface area contributed by atoms with Gasteiger partial charge in [-0.05, 0) is 31.1 Å². The molecule has 166 valence electrons. The molecular formula is C23H29N3O5. The molecule has 1 unspecified atom stereocenters. The third kappa shape index (κ3) is 5.32. The number of ether oxygens (including phenoxy) is 2. The van der Waals surface area contributed by atoms with E-state index >= 15 is 0 Å². The van der Waals surface area contributed by atoms with E-state index in [1.54, 1.807) is 18.5 Å². The number of carbonyl (C=O) groups is 2. The number of rotatable bonds is 11. The minimum atomic E-state index is -0.754. The first-order valence-electron chi connectivity index (χ1n) is 10.7. The van der Waals surface area contributed by atoms with Crippen LogP contribution in [0.4, 0.5) is 0 Å². The molecule has 0 saturated heterocycles. The summed E-state index contributed by atoms with van der Waals surface area (Å²) in [5.41, 5.74) is 1.29. The highest BCUT2D eigenvalue weighted by atomic mass is 16.5. The summed E-state index contributed by atoms with van der Waals surface area (Å²) < 4.78 is 11.0. The summed E-state index contributed by atoms with van der Waals surface area (Å²) >= 11 is 0. The van der Waals surface area contributed by atoms with E-state index in [9.17, 15) is 9.59 Å². The molecule has 3 rings (SSSR count). The maximum Gasteiger partial charge on any atom is 0.347 e. The molecule has 1 atom stereocenters. The van der Waals surface area contributed by atoms with E-state index in [-0.39, 0.29) is 36.5 Å². The molecule has 1 aliphatic rings. The van der Waals surface area contributed by atoms with E-state index in [1.165, 1.54) is 0 Å². The Labute approximate surface area is 181 Å². The van der Waals surface area contributed by atoms with Gasteiger partial charge in [-0.3, -0.25) is 4.79 Å². The van der Waals surface area contributed by atoms with Gasteiger partial charge in [0.15, 0.2) is 11.3 Å². The molecule has 0 spiro atoms. The van der Waals surface area contributed by atoms with Crippen LogP contribution < -0.4 is 5.32 Å². The zero-order chi connectivity index (χ0) is 22.2. The van der Waals surface area contributed by atoms with Crippen molar-refractivity contribution in [2.75, 3.05) is 13.2 Å². The summed E-state index contributed by atoms with van der Waals surface area (Å²) in [5, 5.41) is 13.0. The molecule has 0 bridgehead atoms. The first kappa shape index (κ1) is 22.6. The predicted octanol–water partition coefficient (Wildman–Crippen LogP) is 3.20. The van der Waals surface area contributed by atoms with Crippen molar-refractivity contribution < 1.29 is 24.2 Å². The van der Waals surface area contributed by atoms with Crippen molar-refractivity contribution in [1.29, 1.82) is 0 Å². The molecule has 0 aliphatic carbocycles. The number of H-pyrrole nitrogens is 1. The second-order valence-corrected chi connectivity index (χ2v) is 7.39. The molecule has 3 N–H and O–H groups in total. The van der Waals surface area contributed by atoms with Gasteiger partial charge in [-0.25, -0.2) is 9.78 Å². The van der Waals surface area contributed by atoms with E-state index in [1.807, 2.05) is 19.1 Å². The fourth-order valence-corrected chi connectivity index (χ4v) is 3.37. The zero-order valence-corrected chi connectivity index (χ0v) is 17.9. The Morgan fingerprint density at radius 2 is 2.23 bits per heavy atom. The van der Waals surface area contributed by atoms with Crippen LogP contribution in [0.25, 0.3) is 17.1 Å². The molecule has 0 saturated carbocycles. The number of hydrogen-bond donors (Lipinski definition) is 3. The minimum Gasteiger partial charge on any atom is -0.462 e. The lowest BCUT2D eigenvalue weighted by atomic mass is 10.1. The molecule has 1 aliphatic heterocycles. The smallest absolute Gasteiger partial charge is 0.347 e. The number of nitrogens with zero attached hydrogens (tertiary/aromatic N) is 1. The maximum atomic E-state index is 13.1. The van der Waals surface area contributed by atoms with Gasteiger partial charge in [-0.2, -0.15) is 0 Å². The van der Waals surface area contributed by atoms with Crippen LogP contribution in [-0.2, 0) is 19.1 Å². The highest BCUT2D eigenvalue weighted by molar-refractivity contribution is 6.26. The molecule has 3 heterocycles. The molecule has 0 fully saturated rings. The van der Waals surface area contributed by atoms with Crippen LogP contribution in [0.1, 0.15) is 51.5 Å². The Bertz CT molecular complexity index is 992. The monoisotopic (exact) mass is 427 g/mol. The average molecular weight is 428 g/mol. The minimum absolute atomic E-state index is 0.0274. The van der Waals surface area contributed by atoms with Crippen LogP contribution in [0.3, 0.4) is 0 Å². The Hall–Kier alpha value is -3.13. The highest BCUT2D eigenvalue weighted by Crippen LogP contribution is 2.29. The van der Waals surface area contributed by atoms with Crippen molar-refractivity contribution in [3.05, 3.63) is 47.3 Å². The fourth-order valence-electron chi connectivity index (χ4n) is 3.37. The van der Waals surface area contributed by atoms with E-state index in [2.05, 4.69) is 22.2 Å². The van der Waals surface area contributed by atoms with Crippen molar-refractivity contribution in [3.8, 4) is 0 Å². The third-order valence-electron chi connectivity index (χ3n) is 5.13. The van der Waals surface area contributed by atoms with E-state index in [0.29, 0.717) is 12.1 Å². The van der Waals surface area contributed by atoms with Crippen LogP contribution in [0.5, 0.6) is 0 Å². The summed E-state index contributed by atoms with van der Waals surface area (Å²) in [4.78, 5) is 33.0. The lowest BCUT2D eigenvalue weighted by Crippen LogP contribution is -2.30. The Kier molecular flexibility index (Phi) is 7.83. The van der Waals surface area contributed by atoms with Gasteiger partial charge in [0.1, 0.15) is 5.65 Å². The number of fused-ring (bicyclic) bond motifs is 1. The quantitative estimate of drug-likeness (QED) is 0.218. The van der Waals surface area contributed by atoms with Gasteiger partial charge >= 0.3 is 5.97 Å². The average Bonchev–Trinajstić information content (AvgIpc) is 3.32. The first-order chi connectivity index (χ1) is 15.1. The topological polar surface area (TPSA) is 114 Å². The molecule has 8 nitrogen and oxygen atoms in total. The number of hydrogen-bond acceptors (Lipinski definition) is 7. The number of allylic oxidation sites excluding steroid dienone is 1. The van der Waals surface area contributed by atoms with E-state index < -0.39 is 11.8 Å². The highest BCUT2D eigenvalue weighted by Gasteiger charge is 2.37. The number of aromatic nitrogens is 2. The standard InChI is InChI=1S/C23H29N3O5/c1-3-5-8-16(4-2)26-22-19(23(29)30-12-7-11-27)20(28)18(31-22)13-15-14-25-21-17(15)9-6-10-24-21/h6,9-10,13-14,16,26-27H,3-5,7-8,11-12H2,1-2H3,(H,24,25)/b18-13-. The number of ketones is 1. The Morgan fingerprint density at radius 3 is 2.97 bits per heavy atom. The molecule has 2 aromatic rings. The molecule has 0 amide bonds. The number of aliphatic hydroxyl groups excluding tert-OH is 1. The van der Waals surface area contributed by atoms with Gasteiger partial charge in [-0.15, -0.1) is 0 Å². The van der Waals surface area contributed by atoms with Crippen LogP contribution in [0.2, 0.25) is 0 Å². The number of carbonyl (C=O) groups excluding carboxylic acids is 2. The van der Waals surface area contributed by atoms with Gasteiger partial charge in [0.25, 0.3) is 0 Å². The van der Waals surface area contributed by atoms with Crippen molar-refractivity contribution in [1.82, 2.24) is 15.3 Å². The van der Waals surface area contributed by atoms with Crippen molar-refractivity contribution >= 4 is 28.9 Å². The van der Waals surface area contributed by atoms with Gasteiger partial charge in [0.05, 0.1) is 6.61 Å². The van der Waals surface area contributed by atoms with Crippen LogP contribution in [-0.4, -0.2) is 46.1 Å². The number of aliphatic hydroxyl groups is 1. The zero-order valence-electron chi connectivity index (χ0n) is 17.9. The number of pyridine rings is 1. The van der Waals surface area contributed by atoms with Crippen molar-refractivity contribution in [2.45, 2.75) is 52.0 Å².